The number of rotatable bonds is 6. The fraction of sp³-hybridized carbons (Fsp3) is 0.364. The van der Waals surface area contributed by atoms with Crippen LogP contribution in [0.2, 0.25) is 0 Å². The molecule has 1 fully saturated rings. The maximum absolute atomic E-state index is 14.4. The first-order valence-electron chi connectivity index (χ1n) is 9.70. The Hall–Kier alpha value is -2.64. The van der Waals surface area contributed by atoms with Gasteiger partial charge in [-0.15, -0.1) is 0 Å². The molecule has 2 aromatic rings. The van der Waals surface area contributed by atoms with Crippen LogP contribution < -0.4 is 10.6 Å². The van der Waals surface area contributed by atoms with Gasteiger partial charge < -0.3 is 5.32 Å². The number of nitrogens with zero attached hydrogens (tertiary/aromatic N) is 3. The molecule has 2 N–H and O–H groups in total. The molecule has 0 radical (unpaired) electrons. The van der Waals surface area contributed by atoms with Crippen LogP contribution in [0.5, 0.6) is 0 Å². The number of pyridine rings is 1. The third-order valence-corrected chi connectivity index (χ3v) is 5.73. The molecule has 0 saturated heterocycles. The van der Waals surface area contributed by atoms with E-state index in [0.29, 0.717) is 12.2 Å². The van der Waals surface area contributed by atoms with Gasteiger partial charge in [-0.25, -0.2) is 13.8 Å². The van der Waals surface area contributed by atoms with Crippen LogP contribution in [-0.4, -0.2) is 48.8 Å². The second kappa shape index (κ2) is 7.65. The highest BCUT2D eigenvalue weighted by molar-refractivity contribution is 6.10. The van der Waals surface area contributed by atoms with Gasteiger partial charge in [0.05, 0.1) is 5.69 Å². The molecule has 0 amide bonds. The standard InChI is InChI=1S/C22H25F2N5/c1-29(2)22(26-13-17(14-27-22)16-7-4-3-5-8-16)28-15-21(11-18(23)12-21)20-19(24)9-6-10-25-20/h3-10,13-14,18,26,28H,11-12,15H2,1-2H3. The van der Waals surface area contributed by atoms with E-state index in [4.69, 9.17) is 4.99 Å². The van der Waals surface area contributed by atoms with Gasteiger partial charge >= 0.3 is 0 Å². The van der Waals surface area contributed by atoms with Crippen LogP contribution in [0.3, 0.4) is 0 Å². The van der Waals surface area contributed by atoms with Gasteiger partial charge in [0.25, 0.3) is 0 Å². The molecule has 5 nitrogen and oxygen atoms in total. The number of allylic oxidation sites excluding steroid dienone is 1. The maximum atomic E-state index is 14.4. The largest absolute Gasteiger partial charge is 0.342 e. The van der Waals surface area contributed by atoms with Crippen LogP contribution in [-0.2, 0) is 5.41 Å². The van der Waals surface area contributed by atoms with E-state index in [1.807, 2.05) is 61.7 Å². The summed E-state index contributed by atoms with van der Waals surface area (Å²) in [7, 11) is 3.79. The first-order chi connectivity index (χ1) is 13.9. The quantitative estimate of drug-likeness (QED) is 0.736. The zero-order valence-electron chi connectivity index (χ0n) is 16.6. The summed E-state index contributed by atoms with van der Waals surface area (Å²) in [5.41, 5.74) is 1.65. The Morgan fingerprint density at radius 2 is 1.93 bits per heavy atom. The molecule has 0 spiro atoms. The average Bonchev–Trinajstić information content (AvgIpc) is 2.72. The molecular formula is C22H25F2N5. The number of hydrogen-bond acceptors (Lipinski definition) is 5. The Balaban J connectivity index is 1.54. The summed E-state index contributed by atoms with van der Waals surface area (Å²) in [6.07, 6.45) is 4.81. The summed E-state index contributed by atoms with van der Waals surface area (Å²) in [5, 5.41) is 6.72. The molecular weight excluding hydrogens is 372 g/mol. The zero-order chi connectivity index (χ0) is 20.5. The molecule has 29 heavy (non-hydrogen) atoms. The molecule has 0 bridgehead atoms. The van der Waals surface area contributed by atoms with E-state index >= 15 is 0 Å². The normalized spacial score (nSPS) is 28.6. The van der Waals surface area contributed by atoms with Gasteiger partial charge in [0.15, 0.2) is 0 Å². The monoisotopic (exact) mass is 397 g/mol. The van der Waals surface area contributed by atoms with Crippen molar-refractivity contribution in [2.75, 3.05) is 20.6 Å². The van der Waals surface area contributed by atoms with Gasteiger partial charge in [-0.2, -0.15) is 0 Å². The summed E-state index contributed by atoms with van der Waals surface area (Å²) in [4.78, 5) is 10.8. The third kappa shape index (κ3) is 3.68. The minimum absolute atomic E-state index is 0.242. The van der Waals surface area contributed by atoms with Crippen LogP contribution in [0.1, 0.15) is 24.1 Å². The summed E-state index contributed by atoms with van der Waals surface area (Å²) < 4.78 is 28.3. The number of alkyl halides is 1. The van der Waals surface area contributed by atoms with Crippen molar-refractivity contribution >= 4 is 11.8 Å². The molecule has 1 aromatic carbocycles. The van der Waals surface area contributed by atoms with E-state index in [2.05, 4.69) is 15.6 Å². The Morgan fingerprint density at radius 3 is 2.52 bits per heavy atom. The Labute approximate surface area is 169 Å². The van der Waals surface area contributed by atoms with Crippen molar-refractivity contribution in [2.45, 2.75) is 30.3 Å². The number of halogens is 2. The molecule has 1 unspecified atom stereocenters. The zero-order valence-corrected chi connectivity index (χ0v) is 16.6. The molecule has 152 valence electrons. The van der Waals surface area contributed by atoms with E-state index in [1.54, 1.807) is 12.3 Å². The van der Waals surface area contributed by atoms with Crippen LogP contribution in [0, 0.1) is 5.82 Å². The number of nitrogens with one attached hydrogen (secondary N) is 2. The number of aliphatic imine (C=N–C) groups is 1. The molecule has 1 aliphatic carbocycles. The fourth-order valence-electron chi connectivity index (χ4n) is 3.98. The molecule has 1 saturated carbocycles. The first-order valence-corrected chi connectivity index (χ1v) is 9.70. The van der Waals surface area contributed by atoms with Gasteiger partial charge in [-0.05, 0) is 44.6 Å². The average molecular weight is 397 g/mol. The predicted octanol–water partition coefficient (Wildman–Crippen LogP) is 3.07. The van der Waals surface area contributed by atoms with Crippen molar-refractivity contribution in [3.63, 3.8) is 0 Å². The third-order valence-electron chi connectivity index (χ3n) is 5.73. The molecule has 1 atom stereocenters. The van der Waals surface area contributed by atoms with Crippen molar-refractivity contribution in [2.24, 2.45) is 4.99 Å². The van der Waals surface area contributed by atoms with Gasteiger partial charge in [0, 0.05) is 36.1 Å². The van der Waals surface area contributed by atoms with Crippen molar-refractivity contribution < 1.29 is 8.78 Å². The van der Waals surface area contributed by atoms with Crippen LogP contribution >= 0.6 is 0 Å². The van der Waals surface area contributed by atoms with Gasteiger partial charge in [-0.3, -0.25) is 15.2 Å². The molecule has 1 aliphatic heterocycles. The Bertz CT molecular complexity index is 922. The highest BCUT2D eigenvalue weighted by Crippen LogP contribution is 2.45. The van der Waals surface area contributed by atoms with E-state index in [1.165, 1.54) is 6.07 Å². The van der Waals surface area contributed by atoms with E-state index in [9.17, 15) is 8.78 Å². The summed E-state index contributed by atoms with van der Waals surface area (Å²) >= 11 is 0. The molecule has 1 aromatic heterocycles. The second-order valence-electron chi connectivity index (χ2n) is 7.91. The van der Waals surface area contributed by atoms with Crippen molar-refractivity contribution in [3.8, 4) is 0 Å². The number of hydrogen-bond donors (Lipinski definition) is 2. The molecule has 2 heterocycles. The van der Waals surface area contributed by atoms with Crippen molar-refractivity contribution in [1.82, 2.24) is 20.5 Å². The van der Waals surface area contributed by atoms with Crippen LogP contribution in [0.4, 0.5) is 8.78 Å². The van der Waals surface area contributed by atoms with Gasteiger partial charge in [0.1, 0.15) is 12.0 Å². The fourth-order valence-corrected chi connectivity index (χ4v) is 3.98. The minimum Gasteiger partial charge on any atom is -0.342 e. The predicted molar refractivity (Wildman–Crippen MR) is 110 cm³/mol. The highest BCUT2D eigenvalue weighted by atomic mass is 19.1. The SMILES string of the molecule is CN(C)C1(NCC2(c3ncccc3F)CC(F)C2)N=CC(c2ccccc2)=CN1. The van der Waals surface area contributed by atoms with E-state index < -0.39 is 23.3 Å². The lowest BCUT2D eigenvalue weighted by Gasteiger charge is -2.47. The Morgan fingerprint density at radius 1 is 1.17 bits per heavy atom. The van der Waals surface area contributed by atoms with Crippen LogP contribution in [0.25, 0.3) is 5.57 Å². The molecule has 7 heteroatoms. The smallest absolute Gasteiger partial charge is 0.246 e. The lowest BCUT2D eigenvalue weighted by atomic mass is 9.65. The van der Waals surface area contributed by atoms with E-state index in [-0.39, 0.29) is 12.8 Å². The number of benzene rings is 1. The highest BCUT2D eigenvalue weighted by Gasteiger charge is 2.50. The second-order valence-corrected chi connectivity index (χ2v) is 7.91. The number of aromatic nitrogens is 1. The van der Waals surface area contributed by atoms with Gasteiger partial charge in [-0.1, -0.05) is 30.3 Å². The summed E-state index contributed by atoms with van der Waals surface area (Å²) in [6.45, 7) is 0.346. The summed E-state index contributed by atoms with van der Waals surface area (Å²) in [5.74, 6) is -1.30. The maximum Gasteiger partial charge on any atom is 0.246 e. The van der Waals surface area contributed by atoms with E-state index in [0.717, 1.165) is 11.1 Å². The van der Waals surface area contributed by atoms with Crippen molar-refractivity contribution in [3.05, 3.63) is 71.9 Å². The minimum atomic E-state index is -0.944. The van der Waals surface area contributed by atoms with Crippen LogP contribution in [0.15, 0.2) is 59.9 Å². The van der Waals surface area contributed by atoms with Gasteiger partial charge in [0.2, 0.25) is 5.91 Å². The lowest BCUT2D eigenvalue weighted by Crippen LogP contribution is -2.67. The topological polar surface area (TPSA) is 52.5 Å². The van der Waals surface area contributed by atoms with Crippen molar-refractivity contribution in [1.29, 1.82) is 0 Å². The molecule has 2 aliphatic rings. The first kappa shape index (κ1) is 19.7. The lowest BCUT2D eigenvalue weighted by molar-refractivity contribution is 0.0411. The molecule has 4 rings (SSSR count). The Kier molecular flexibility index (Phi) is 5.19. The summed E-state index contributed by atoms with van der Waals surface area (Å²) in [6, 6.07) is 12.9.